The van der Waals surface area contributed by atoms with E-state index in [0.717, 1.165) is 19.4 Å². The van der Waals surface area contributed by atoms with Crippen LogP contribution in [0.4, 0.5) is 0 Å². The van der Waals surface area contributed by atoms with E-state index in [0.29, 0.717) is 5.92 Å². The summed E-state index contributed by atoms with van der Waals surface area (Å²) in [4.78, 5) is 13.9. The van der Waals surface area contributed by atoms with Crippen LogP contribution in [0.2, 0.25) is 0 Å². The maximum Gasteiger partial charge on any atom is 0.237 e. The SMILES string of the molecule is CC1CCCNC1C(=O)NC1CCCc2sccc21. The van der Waals surface area contributed by atoms with Crippen molar-refractivity contribution in [3.63, 3.8) is 0 Å². The molecule has 2 aliphatic rings. The number of fused-ring (bicyclic) bond motifs is 1. The van der Waals surface area contributed by atoms with Crippen LogP contribution >= 0.6 is 11.3 Å². The first-order chi connectivity index (χ1) is 9.25. The molecule has 0 saturated carbocycles. The van der Waals surface area contributed by atoms with Crippen LogP contribution in [0.1, 0.15) is 49.1 Å². The molecule has 1 aliphatic carbocycles. The topological polar surface area (TPSA) is 41.1 Å². The van der Waals surface area contributed by atoms with Gasteiger partial charge in [0.1, 0.15) is 0 Å². The van der Waals surface area contributed by atoms with Crippen molar-refractivity contribution in [2.24, 2.45) is 5.92 Å². The Balaban J connectivity index is 1.67. The maximum absolute atomic E-state index is 12.4. The molecule has 0 aromatic carbocycles. The van der Waals surface area contributed by atoms with Crippen LogP contribution in [0.5, 0.6) is 0 Å². The molecule has 0 radical (unpaired) electrons. The molecule has 19 heavy (non-hydrogen) atoms. The smallest absolute Gasteiger partial charge is 0.237 e. The van der Waals surface area contributed by atoms with Crippen molar-refractivity contribution in [3.8, 4) is 0 Å². The molecule has 3 unspecified atom stereocenters. The Labute approximate surface area is 118 Å². The van der Waals surface area contributed by atoms with E-state index in [2.05, 4.69) is 29.0 Å². The fourth-order valence-corrected chi connectivity index (χ4v) is 4.29. The largest absolute Gasteiger partial charge is 0.348 e. The van der Waals surface area contributed by atoms with E-state index in [9.17, 15) is 4.79 Å². The minimum absolute atomic E-state index is 0.00207. The highest BCUT2D eigenvalue weighted by Crippen LogP contribution is 2.33. The summed E-state index contributed by atoms with van der Waals surface area (Å²) in [5, 5.41) is 8.78. The van der Waals surface area contributed by atoms with Gasteiger partial charge in [-0.2, -0.15) is 0 Å². The third kappa shape index (κ3) is 2.70. The first kappa shape index (κ1) is 13.1. The van der Waals surface area contributed by atoms with Gasteiger partial charge in [-0.25, -0.2) is 0 Å². The molecule has 104 valence electrons. The van der Waals surface area contributed by atoms with Crippen LogP contribution in [0, 0.1) is 5.92 Å². The Kier molecular flexibility index (Phi) is 3.89. The Morgan fingerprint density at radius 2 is 2.32 bits per heavy atom. The number of hydrogen-bond donors (Lipinski definition) is 2. The minimum atomic E-state index is -0.00207. The molecule has 2 heterocycles. The van der Waals surface area contributed by atoms with E-state index in [1.807, 2.05) is 11.3 Å². The number of amides is 1. The Bertz CT molecular complexity index is 457. The van der Waals surface area contributed by atoms with Gasteiger partial charge in [0.2, 0.25) is 5.91 Å². The van der Waals surface area contributed by atoms with Crippen molar-refractivity contribution in [2.75, 3.05) is 6.54 Å². The quantitative estimate of drug-likeness (QED) is 0.873. The summed E-state index contributed by atoms with van der Waals surface area (Å²) < 4.78 is 0. The summed E-state index contributed by atoms with van der Waals surface area (Å²) >= 11 is 1.83. The van der Waals surface area contributed by atoms with Gasteiger partial charge in [0.05, 0.1) is 12.1 Å². The van der Waals surface area contributed by atoms with Crippen LogP contribution in [0.25, 0.3) is 0 Å². The number of nitrogens with one attached hydrogen (secondary N) is 2. The molecule has 4 heteroatoms. The summed E-state index contributed by atoms with van der Waals surface area (Å²) in [7, 11) is 0. The highest BCUT2D eigenvalue weighted by atomic mass is 32.1. The van der Waals surface area contributed by atoms with Crippen molar-refractivity contribution in [3.05, 3.63) is 21.9 Å². The summed E-state index contributed by atoms with van der Waals surface area (Å²) in [6, 6.07) is 2.41. The van der Waals surface area contributed by atoms with Gasteiger partial charge in [-0.15, -0.1) is 11.3 Å². The average molecular weight is 278 g/mol. The number of rotatable bonds is 2. The highest BCUT2D eigenvalue weighted by molar-refractivity contribution is 7.10. The van der Waals surface area contributed by atoms with Gasteiger partial charge in [0.25, 0.3) is 0 Å². The fourth-order valence-electron chi connectivity index (χ4n) is 3.30. The molecule has 0 spiro atoms. The first-order valence-corrected chi connectivity index (χ1v) is 8.23. The van der Waals surface area contributed by atoms with Gasteiger partial charge in [-0.3, -0.25) is 4.79 Å². The Morgan fingerprint density at radius 1 is 1.42 bits per heavy atom. The molecule has 1 fully saturated rings. The lowest BCUT2D eigenvalue weighted by atomic mass is 9.90. The lowest BCUT2D eigenvalue weighted by Gasteiger charge is -2.31. The van der Waals surface area contributed by atoms with Crippen molar-refractivity contribution in [1.82, 2.24) is 10.6 Å². The lowest BCUT2D eigenvalue weighted by Crippen LogP contribution is -2.51. The number of carbonyl (C=O) groups excluding carboxylic acids is 1. The van der Waals surface area contributed by atoms with Gasteiger partial charge in [-0.1, -0.05) is 6.92 Å². The molecule has 1 amide bonds. The van der Waals surface area contributed by atoms with E-state index in [1.165, 1.54) is 29.7 Å². The van der Waals surface area contributed by atoms with E-state index in [4.69, 9.17) is 0 Å². The second-order valence-corrected chi connectivity index (χ2v) is 6.80. The van der Waals surface area contributed by atoms with Gasteiger partial charge >= 0.3 is 0 Å². The molecule has 3 rings (SSSR count). The molecule has 0 bridgehead atoms. The Hall–Kier alpha value is -0.870. The summed E-state index contributed by atoms with van der Waals surface area (Å²) in [6.07, 6.45) is 5.78. The zero-order valence-corrected chi connectivity index (χ0v) is 12.3. The molecular formula is C15H22N2OS. The number of carbonyl (C=O) groups is 1. The summed E-state index contributed by atoms with van der Waals surface area (Å²) in [6.45, 7) is 3.14. The van der Waals surface area contributed by atoms with E-state index in [1.54, 1.807) is 0 Å². The van der Waals surface area contributed by atoms with E-state index >= 15 is 0 Å². The normalized spacial score (nSPS) is 30.7. The first-order valence-electron chi connectivity index (χ1n) is 7.35. The lowest BCUT2D eigenvalue weighted by molar-refractivity contribution is -0.125. The molecular weight excluding hydrogens is 256 g/mol. The van der Waals surface area contributed by atoms with E-state index in [-0.39, 0.29) is 18.0 Å². The minimum Gasteiger partial charge on any atom is -0.348 e. The second kappa shape index (κ2) is 5.63. The summed E-state index contributed by atoms with van der Waals surface area (Å²) in [5.74, 6) is 0.635. The molecule has 3 nitrogen and oxygen atoms in total. The fraction of sp³-hybridized carbons (Fsp3) is 0.667. The standard InChI is InChI=1S/C15H22N2OS/c1-10-4-3-8-16-14(10)15(18)17-12-5-2-6-13-11(12)7-9-19-13/h7,9-10,12,14,16H,2-6,8H2,1H3,(H,17,18). The number of thiophene rings is 1. The number of aryl methyl sites for hydroxylation is 1. The Morgan fingerprint density at radius 3 is 3.16 bits per heavy atom. The predicted octanol–water partition coefficient (Wildman–Crippen LogP) is 2.63. The highest BCUT2D eigenvalue weighted by Gasteiger charge is 2.30. The van der Waals surface area contributed by atoms with Gasteiger partial charge in [0.15, 0.2) is 0 Å². The van der Waals surface area contributed by atoms with Crippen LogP contribution in [0.15, 0.2) is 11.4 Å². The maximum atomic E-state index is 12.4. The van der Waals surface area contributed by atoms with Crippen molar-refractivity contribution in [2.45, 2.75) is 51.1 Å². The van der Waals surface area contributed by atoms with Crippen LogP contribution < -0.4 is 10.6 Å². The van der Waals surface area contributed by atoms with E-state index < -0.39 is 0 Å². The second-order valence-electron chi connectivity index (χ2n) is 5.80. The van der Waals surface area contributed by atoms with Crippen LogP contribution in [-0.2, 0) is 11.2 Å². The van der Waals surface area contributed by atoms with Gasteiger partial charge in [-0.05, 0) is 61.6 Å². The van der Waals surface area contributed by atoms with Crippen molar-refractivity contribution >= 4 is 17.2 Å². The van der Waals surface area contributed by atoms with Gasteiger partial charge < -0.3 is 10.6 Å². The molecule has 1 aromatic heterocycles. The molecule has 3 atom stereocenters. The molecule has 1 aliphatic heterocycles. The number of hydrogen-bond acceptors (Lipinski definition) is 3. The summed E-state index contributed by atoms with van der Waals surface area (Å²) in [5.41, 5.74) is 1.35. The third-order valence-corrected chi connectivity index (χ3v) is 5.42. The van der Waals surface area contributed by atoms with Crippen molar-refractivity contribution in [1.29, 1.82) is 0 Å². The van der Waals surface area contributed by atoms with Crippen LogP contribution in [-0.4, -0.2) is 18.5 Å². The third-order valence-electron chi connectivity index (χ3n) is 4.42. The molecule has 1 aromatic rings. The monoisotopic (exact) mass is 278 g/mol. The van der Waals surface area contributed by atoms with Crippen LogP contribution in [0.3, 0.4) is 0 Å². The predicted molar refractivity (Wildman–Crippen MR) is 78.3 cm³/mol. The van der Waals surface area contributed by atoms with Crippen molar-refractivity contribution < 1.29 is 4.79 Å². The molecule has 2 N–H and O–H groups in total. The average Bonchev–Trinajstić information content (AvgIpc) is 2.88. The number of piperidine rings is 1. The van der Waals surface area contributed by atoms with Gasteiger partial charge in [0, 0.05) is 4.88 Å². The molecule has 1 saturated heterocycles. The zero-order chi connectivity index (χ0) is 13.2. The zero-order valence-electron chi connectivity index (χ0n) is 11.4.